The Kier molecular flexibility index (Phi) is 6.98. The summed E-state index contributed by atoms with van der Waals surface area (Å²) in [5.41, 5.74) is 6.66. The highest BCUT2D eigenvalue weighted by Crippen LogP contribution is 2.25. The fourth-order valence-electron chi connectivity index (χ4n) is 4.38. The number of carboxylic acids is 1. The Morgan fingerprint density at radius 3 is 2.60 bits per heavy atom. The fraction of sp³-hybridized carbons (Fsp3) is 0.500. The van der Waals surface area contributed by atoms with Crippen molar-refractivity contribution in [2.45, 2.75) is 60.0 Å². The molecule has 162 valence electrons. The number of aromatic carboxylic acids is 1. The number of amides is 1. The second-order valence-electron chi connectivity index (χ2n) is 8.36. The summed E-state index contributed by atoms with van der Waals surface area (Å²) in [6.45, 7) is 11.6. The van der Waals surface area contributed by atoms with Crippen molar-refractivity contribution >= 4 is 11.9 Å². The van der Waals surface area contributed by atoms with E-state index in [4.69, 9.17) is 0 Å². The molecule has 0 aliphatic carbocycles. The Hall–Kier alpha value is -2.60. The number of hydrogen-bond acceptors (Lipinski definition) is 3. The minimum Gasteiger partial charge on any atom is -0.478 e. The Balaban J connectivity index is 1.70. The van der Waals surface area contributed by atoms with Gasteiger partial charge in [0, 0.05) is 49.6 Å². The third-order valence-corrected chi connectivity index (χ3v) is 6.21. The van der Waals surface area contributed by atoms with Crippen LogP contribution in [0.2, 0.25) is 0 Å². The molecule has 1 aliphatic rings. The summed E-state index contributed by atoms with van der Waals surface area (Å²) >= 11 is 0. The zero-order valence-corrected chi connectivity index (χ0v) is 18.5. The lowest BCUT2D eigenvalue weighted by molar-refractivity contribution is -0.127. The molecule has 1 amide bonds. The number of nitrogens with one attached hydrogen (secondary N) is 1. The summed E-state index contributed by atoms with van der Waals surface area (Å²) < 4.78 is 2.12. The van der Waals surface area contributed by atoms with Crippen LogP contribution in [0.3, 0.4) is 0 Å². The molecule has 1 aromatic heterocycles. The Bertz CT molecular complexity index is 946. The minimum atomic E-state index is -0.880. The largest absolute Gasteiger partial charge is 0.478 e. The molecule has 1 saturated heterocycles. The molecule has 3 rings (SSSR count). The lowest BCUT2D eigenvalue weighted by Crippen LogP contribution is -2.28. The molecule has 0 atom stereocenters. The van der Waals surface area contributed by atoms with Gasteiger partial charge in [0.2, 0.25) is 5.91 Å². The molecule has 6 nitrogen and oxygen atoms in total. The molecule has 0 unspecified atom stereocenters. The lowest BCUT2D eigenvalue weighted by atomic mass is 10.1. The topological polar surface area (TPSA) is 74.6 Å². The summed E-state index contributed by atoms with van der Waals surface area (Å²) in [5.74, 6) is -0.632. The first-order valence-electron chi connectivity index (χ1n) is 10.8. The van der Waals surface area contributed by atoms with Crippen LogP contribution in [-0.4, -0.2) is 46.1 Å². The van der Waals surface area contributed by atoms with Crippen molar-refractivity contribution in [3.05, 3.63) is 57.4 Å². The molecular formula is C24H33N3O3. The molecule has 1 fully saturated rings. The Labute approximate surface area is 178 Å². The van der Waals surface area contributed by atoms with E-state index in [2.05, 4.69) is 41.9 Å². The van der Waals surface area contributed by atoms with Crippen molar-refractivity contribution in [1.82, 2.24) is 14.8 Å². The molecular weight excluding hydrogens is 378 g/mol. The van der Waals surface area contributed by atoms with Crippen LogP contribution in [0, 0.1) is 27.7 Å². The number of aryl methyl sites for hydroxylation is 2. The number of benzene rings is 1. The summed E-state index contributed by atoms with van der Waals surface area (Å²) in [7, 11) is 0. The highest BCUT2D eigenvalue weighted by atomic mass is 16.4. The van der Waals surface area contributed by atoms with E-state index in [0.29, 0.717) is 25.1 Å². The van der Waals surface area contributed by atoms with Crippen LogP contribution in [0.1, 0.15) is 63.3 Å². The van der Waals surface area contributed by atoms with Gasteiger partial charge in [0.25, 0.3) is 0 Å². The van der Waals surface area contributed by atoms with Crippen molar-refractivity contribution < 1.29 is 14.7 Å². The number of nitrogens with zero attached hydrogens (tertiary/aromatic N) is 2. The SMILES string of the molecule is Cc1ccc(C)c(Cn2c(C)c(CNCCCN3CCCC3=O)c(C(=O)O)c2C)c1. The first-order chi connectivity index (χ1) is 14.3. The van der Waals surface area contributed by atoms with Crippen LogP contribution in [0.5, 0.6) is 0 Å². The van der Waals surface area contributed by atoms with E-state index in [1.54, 1.807) is 0 Å². The first kappa shape index (κ1) is 22.1. The van der Waals surface area contributed by atoms with Crippen LogP contribution >= 0.6 is 0 Å². The second-order valence-corrected chi connectivity index (χ2v) is 8.36. The second kappa shape index (κ2) is 9.47. The van der Waals surface area contributed by atoms with Crippen molar-refractivity contribution in [1.29, 1.82) is 0 Å². The number of carbonyl (C=O) groups excluding carboxylic acids is 1. The summed E-state index contributed by atoms with van der Waals surface area (Å²) in [4.78, 5) is 25.6. The zero-order chi connectivity index (χ0) is 21.8. The minimum absolute atomic E-state index is 0.248. The van der Waals surface area contributed by atoms with Gasteiger partial charge in [0.1, 0.15) is 0 Å². The van der Waals surface area contributed by atoms with E-state index in [1.165, 1.54) is 16.7 Å². The van der Waals surface area contributed by atoms with Gasteiger partial charge in [-0.05, 0) is 58.2 Å². The molecule has 1 aliphatic heterocycles. The third-order valence-electron chi connectivity index (χ3n) is 6.21. The maximum absolute atomic E-state index is 12.0. The number of carbonyl (C=O) groups is 2. The lowest BCUT2D eigenvalue weighted by Gasteiger charge is -2.15. The molecule has 2 aromatic rings. The van der Waals surface area contributed by atoms with Crippen molar-refractivity contribution in [2.75, 3.05) is 19.6 Å². The predicted molar refractivity (Wildman–Crippen MR) is 118 cm³/mol. The number of rotatable bonds is 9. The number of aromatic nitrogens is 1. The summed E-state index contributed by atoms with van der Waals surface area (Å²) in [6, 6.07) is 6.39. The average molecular weight is 412 g/mol. The molecule has 0 bridgehead atoms. The van der Waals surface area contributed by atoms with E-state index in [-0.39, 0.29) is 5.91 Å². The van der Waals surface area contributed by atoms with Gasteiger partial charge in [0.05, 0.1) is 5.56 Å². The highest BCUT2D eigenvalue weighted by molar-refractivity contribution is 5.91. The van der Waals surface area contributed by atoms with Crippen LogP contribution in [0.25, 0.3) is 0 Å². The monoisotopic (exact) mass is 411 g/mol. The molecule has 0 saturated carbocycles. The van der Waals surface area contributed by atoms with E-state index in [0.717, 1.165) is 49.4 Å². The van der Waals surface area contributed by atoms with Crippen molar-refractivity contribution in [3.8, 4) is 0 Å². The van der Waals surface area contributed by atoms with E-state index < -0.39 is 5.97 Å². The molecule has 30 heavy (non-hydrogen) atoms. The Morgan fingerprint density at radius 1 is 1.17 bits per heavy atom. The maximum Gasteiger partial charge on any atom is 0.337 e. The van der Waals surface area contributed by atoms with Gasteiger partial charge < -0.3 is 19.9 Å². The van der Waals surface area contributed by atoms with E-state index >= 15 is 0 Å². The molecule has 0 radical (unpaired) electrons. The van der Waals surface area contributed by atoms with Gasteiger partial charge in [-0.15, -0.1) is 0 Å². The van der Waals surface area contributed by atoms with Gasteiger partial charge in [-0.2, -0.15) is 0 Å². The maximum atomic E-state index is 12.0. The predicted octanol–water partition coefficient (Wildman–Crippen LogP) is 3.57. The summed E-state index contributed by atoms with van der Waals surface area (Å²) in [5, 5.41) is 13.2. The molecule has 1 aromatic carbocycles. The van der Waals surface area contributed by atoms with E-state index in [1.807, 2.05) is 18.7 Å². The van der Waals surface area contributed by atoms with Gasteiger partial charge in [-0.25, -0.2) is 4.79 Å². The zero-order valence-electron chi connectivity index (χ0n) is 18.5. The Morgan fingerprint density at radius 2 is 1.93 bits per heavy atom. The highest BCUT2D eigenvalue weighted by Gasteiger charge is 2.23. The standard InChI is InChI=1S/C24H33N3O3/c1-16-8-9-17(2)20(13-16)15-27-18(3)21(23(19(27)4)24(29)30)14-25-10-6-12-26-11-5-7-22(26)28/h8-9,13,25H,5-7,10-12,14-15H2,1-4H3,(H,29,30). The number of carboxylic acid groups (broad SMARTS) is 1. The number of hydrogen-bond donors (Lipinski definition) is 2. The fourth-order valence-corrected chi connectivity index (χ4v) is 4.38. The normalized spacial score (nSPS) is 14.0. The smallest absolute Gasteiger partial charge is 0.337 e. The van der Waals surface area contributed by atoms with Gasteiger partial charge in [-0.3, -0.25) is 4.79 Å². The molecule has 0 spiro atoms. The van der Waals surface area contributed by atoms with Gasteiger partial charge in [0.15, 0.2) is 0 Å². The average Bonchev–Trinajstić information content (AvgIpc) is 3.20. The van der Waals surface area contributed by atoms with E-state index in [9.17, 15) is 14.7 Å². The van der Waals surface area contributed by atoms with Crippen LogP contribution in [-0.2, 0) is 17.9 Å². The van der Waals surface area contributed by atoms with Gasteiger partial charge in [-0.1, -0.05) is 23.8 Å². The molecule has 2 N–H and O–H groups in total. The molecule has 6 heteroatoms. The van der Waals surface area contributed by atoms with Crippen LogP contribution < -0.4 is 5.32 Å². The summed E-state index contributed by atoms with van der Waals surface area (Å²) in [6.07, 6.45) is 2.50. The quantitative estimate of drug-likeness (QED) is 0.619. The molecule has 2 heterocycles. The van der Waals surface area contributed by atoms with Crippen molar-refractivity contribution in [3.63, 3.8) is 0 Å². The van der Waals surface area contributed by atoms with Crippen LogP contribution in [0.15, 0.2) is 18.2 Å². The number of likely N-dealkylation sites (tertiary alicyclic amines) is 1. The van der Waals surface area contributed by atoms with Gasteiger partial charge >= 0.3 is 5.97 Å². The first-order valence-corrected chi connectivity index (χ1v) is 10.8. The van der Waals surface area contributed by atoms with Crippen LogP contribution in [0.4, 0.5) is 0 Å². The third kappa shape index (κ3) is 4.75. The van der Waals surface area contributed by atoms with Crippen molar-refractivity contribution in [2.24, 2.45) is 0 Å².